The fraction of sp³-hybridized carbons (Fsp3) is 0.300. The van der Waals surface area contributed by atoms with Crippen LogP contribution in [-0.2, 0) is 9.53 Å². The van der Waals surface area contributed by atoms with Gasteiger partial charge in [0.2, 0.25) is 0 Å². The van der Waals surface area contributed by atoms with Gasteiger partial charge in [-0.05, 0) is 64.7 Å². The van der Waals surface area contributed by atoms with Crippen molar-refractivity contribution in [1.29, 1.82) is 0 Å². The van der Waals surface area contributed by atoms with Crippen molar-refractivity contribution in [3.63, 3.8) is 0 Å². The van der Waals surface area contributed by atoms with Crippen molar-refractivity contribution >= 4 is 33.5 Å². The summed E-state index contributed by atoms with van der Waals surface area (Å²) < 4.78 is 11.5. The van der Waals surface area contributed by atoms with Crippen LogP contribution in [0.4, 0.5) is 5.69 Å². The van der Waals surface area contributed by atoms with Crippen molar-refractivity contribution in [3.05, 3.63) is 58.6 Å². The lowest BCUT2D eigenvalue weighted by molar-refractivity contribution is -0.118. The highest BCUT2D eigenvalue weighted by Gasteiger charge is 2.09. The highest BCUT2D eigenvalue weighted by molar-refractivity contribution is 9.10. The van der Waals surface area contributed by atoms with E-state index in [1.165, 1.54) is 0 Å². The number of ether oxygens (including phenoxy) is 2. The van der Waals surface area contributed by atoms with Crippen LogP contribution in [0.5, 0.6) is 5.75 Å². The standard InChI is InChI=1S/C20H22BrNO4/c1-14(2)11-12-25-20(24)15-7-9-16(10-8-15)22-19(23)13-26-18-6-4-3-5-17(18)21/h3-10,14H,11-13H2,1-2H3,(H,22,23). The minimum Gasteiger partial charge on any atom is -0.483 e. The molecular weight excluding hydrogens is 398 g/mol. The van der Waals surface area contributed by atoms with Crippen molar-refractivity contribution in [2.75, 3.05) is 18.5 Å². The lowest BCUT2D eigenvalue weighted by Crippen LogP contribution is -2.20. The minimum absolute atomic E-state index is 0.110. The number of halogens is 1. The van der Waals surface area contributed by atoms with Gasteiger partial charge in [0.15, 0.2) is 6.61 Å². The Morgan fingerprint density at radius 1 is 1.08 bits per heavy atom. The number of para-hydroxylation sites is 1. The summed E-state index contributed by atoms with van der Waals surface area (Å²) in [6.45, 7) is 4.44. The van der Waals surface area contributed by atoms with Gasteiger partial charge in [0.1, 0.15) is 5.75 Å². The maximum atomic E-state index is 12.0. The summed E-state index contributed by atoms with van der Waals surface area (Å²) >= 11 is 3.36. The van der Waals surface area contributed by atoms with E-state index in [-0.39, 0.29) is 18.5 Å². The van der Waals surface area contributed by atoms with Gasteiger partial charge in [-0.3, -0.25) is 4.79 Å². The van der Waals surface area contributed by atoms with Crippen LogP contribution >= 0.6 is 15.9 Å². The second-order valence-corrected chi connectivity index (χ2v) is 7.02. The first kappa shape index (κ1) is 20.0. The van der Waals surface area contributed by atoms with Gasteiger partial charge in [0, 0.05) is 5.69 Å². The molecule has 1 amide bonds. The molecule has 0 aliphatic heterocycles. The number of carbonyl (C=O) groups is 2. The third kappa shape index (κ3) is 6.52. The van der Waals surface area contributed by atoms with E-state index in [4.69, 9.17) is 9.47 Å². The molecule has 26 heavy (non-hydrogen) atoms. The molecule has 0 spiro atoms. The summed E-state index contributed by atoms with van der Waals surface area (Å²) in [5.74, 6) is 0.440. The summed E-state index contributed by atoms with van der Waals surface area (Å²) in [7, 11) is 0. The number of nitrogens with one attached hydrogen (secondary N) is 1. The van der Waals surface area contributed by atoms with Crippen molar-refractivity contribution < 1.29 is 19.1 Å². The average molecular weight is 420 g/mol. The number of hydrogen-bond donors (Lipinski definition) is 1. The number of benzene rings is 2. The fourth-order valence-electron chi connectivity index (χ4n) is 2.06. The fourth-order valence-corrected chi connectivity index (χ4v) is 2.46. The zero-order chi connectivity index (χ0) is 18.9. The Bertz CT molecular complexity index is 744. The van der Waals surface area contributed by atoms with E-state index in [1.807, 2.05) is 18.2 Å². The topological polar surface area (TPSA) is 64.6 Å². The third-order valence-electron chi connectivity index (χ3n) is 3.53. The van der Waals surface area contributed by atoms with E-state index in [2.05, 4.69) is 35.1 Å². The lowest BCUT2D eigenvalue weighted by Gasteiger charge is -2.10. The zero-order valence-electron chi connectivity index (χ0n) is 14.8. The Morgan fingerprint density at radius 2 is 1.77 bits per heavy atom. The first-order valence-electron chi connectivity index (χ1n) is 8.40. The second-order valence-electron chi connectivity index (χ2n) is 6.16. The van der Waals surface area contributed by atoms with Crippen LogP contribution in [0, 0.1) is 5.92 Å². The lowest BCUT2D eigenvalue weighted by atomic mass is 10.1. The highest BCUT2D eigenvalue weighted by atomic mass is 79.9. The molecule has 6 heteroatoms. The summed E-state index contributed by atoms with van der Waals surface area (Å²) in [5, 5.41) is 2.72. The number of esters is 1. The van der Waals surface area contributed by atoms with E-state index in [1.54, 1.807) is 30.3 Å². The van der Waals surface area contributed by atoms with E-state index in [0.29, 0.717) is 29.5 Å². The van der Waals surface area contributed by atoms with Crippen molar-refractivity contribution in [3.8, 4) is 5.75 Å². The van der Waals surface area contributed by atoms with E-state index in [0.717, 1.165) is 10.9 Å². The molecule has 138 valence electrons. The van der Waals surface area contributed by atoms with Crippen LogP contribution in [0.1, 0.15) is 30.6 Å². The smallest absolute Gasteiger partial charge is 0.338 e. The van der Waals surface area contributed by atoms with Gasteiger partial charge in [-0.25, -0.2) is 4.79 Å². The molecule has 0 unspecified atom stereocenters. The first-order chi connectivity index (χ1) is 12.5. The normalized spacial score (nSPS) is 10.5. The molecule has 2 aromatic rings. The quantitative estimate of drug-likeness (QED) is 0.631. The van der Waals surface area contributed by atoms with Crippen LogP contribution in [0.15, 0.2) is 53.0 Å². The number of carbonyl (C=O) groups excluding carboxylic acids is 2. The summed E-state index contributed by atoms with van der Waals surface area (Å²) in [5.41, 5.74) is 1.04. The molecule has 0 heterocycles. The molecule has 0 aliphatic carbocycles. The Labute approximate surface area is 161 Å². The zero-order valence-corrected chi connectivity index (χ0v) is 16.4. The maximum Gasteiger partial charge on any atom is 0.338 e. The minimum atomic E-state index is -0.360. The van der Waals surface area contributed by atoms with Gasteiger partial charge in [0.25, 0.3) is 5.91 Å². The average Bonchev–Trinajstić information content (AvgIpc) is 2.61. The molecule has 0 saturated carbocycles. The largest absolute Gasteiger partial charge is 0.483 e. The van der Waals surface area contributed by atoms with Gasteiger partial charge in [-0.15, -0.1) is 0 Å². The Kier molecular flexibility index (Phi) is 7.66. The predicted octanol–water partition coefficient (Wildman–Crippen LogP) is 4.67. The van der Waals surface area contributed by atoms with Gasteiger partial charge in [0.05, 0.1) is 16.6 Å². The third-order valence-corrected chi connectivity index (χ3v) is 4.18. The van der Waals surface area contributed by atoms with E-state index < -0.39 is 0 Å². The van der Waals surface area contributed by atoms with Crippen LogP contribution in [-0.4, -0.2) is 25.1 Å². The molecule has 0 atom stereocenters. The highest BCUT2D eigenvalue weighted by Crippen LogP contribution is 2.23. The molecule has 5 nitrogen and oxygen atoms in total. The predicted molar refractivity (Wildman–Crippen MR) is 104 cm³/mol. The molecule has 1 N–H and O–H groups in total. The number of amides is 1. The molecule has 0 radical (unpaired) electrons. The molecule has 0 bridgehead atoms. The van der Waals surface area contributed by atoms with Crippen molar-refractivity contribution in [2.45, 2.75) is 20.3 Å². The molecule has 0 aromatic heterocycles. The van der Waals surface area contributed by atoms with Crippen LogP contribution in [0.25, 0.3) is 0 Å². The van der Waals surface area contributed by atoms with Crippen molar-refractivity contribution in [2.24, 2.45) is 5.92 Å². The summed E-state index contributed by atoms with van der Waals surface area (Å²) in [4.78, 5) is 23.9. The first-order valence-corrected chi connectivity index (χ1v) is 9.19. The van der Waals surface area contributed by atoms with Gasteiger partial charge >= 0.3 is 5.97 Å². The van der Waals surface area contributed by atoms with E-state index >= 15 is 0 Å². The number of anilines is 1. The van der Waals surface area contributed by atoms with Crippen LogP contribution < -0.4 is 10.1 Å². The molecule has 2 rings (SSSR count). The SMILES string of the molecule is CC(C)CCOC(=O)c1ccc(NC(=O)COc2ccccc2Br)cc1. The monoisotopic (exact) mass is 419 g/mol. The summed E-state index contributed by atoms with van der Waals surface area (Å²) in [6, 6.07) is 13.9. The molecule has 0 saturated heterocycles. The van der Waals surface area contributed by atoms with Gasteiger partial charge < -0.3 is 14.8 Å². The molecule has 2 aromatic carbocycles. The Balaban J connectivity index is 1.81. The maximum absolute atomic E-state index is 12.0. The molecular formula is C20H22BrNO4. The Hall–Kier alpha value is -2.34. The molecule has 0 aliphatic rings. The van der Waals surface area contributed by atoms with Crippen LogP contribution in [0.2, 0.25) is 0 Å². The number of rotatable bonds is 8. The summed E-state index contributed by atoms with van der Waals surface area (Å²) in [6.07, 6.45) is 0.831. The van der Waals surface area contributed by atoms with Crippen molar-refractivity contribution in [1.82, 2.24) is 0 Å². The van der Waals surface area contributed by atoms with Crippen LogP contribution in [0.3, 0.4) is 0 Å². The van der Waals surface area contributed by atoms with Gasteiger partial charge in [-0.1, -0.05) is 26.0 Å². The Morgan fingerprint density at radius 3 is 2.42 bits per heavy atom. The van der Waals surface area contributed by atoms with Gasteiger partial charge in [-0.2, -0.15) is 0 Å². The molecule has 0 fully saturated rings. The second kappa shape index (κ2) is 9.97. The number of hydrogen-bond acceptors (Lipinski definition) is 4. The van der Waals surface area contributed by atoms with E-state index in [9.17, 15) is 9.59 Å².